The molecule has 0 aliphatic rings. The summed E-state index contributed by atoms with van der Waals surface area (Å²) >= 11 is 1.63. The zero-order valence-electron chi connectivity index (χ0n) is 11.7. The number of aliphatic hydroxyl groups excluding tert-OH is 1. The predicted molar refractivity (Wildman–Crippen MR) is 81.1 cm³/mol. The molecule has 21 heavy (non-hydrogen) atoms. The highest BCUT2D eigenvalue weighted by molar-refractivity contribution is 7.09. The van der Waals surface area contributed by atoms with E-state index in [0.717, 1.165) is 22.0 Å². The smallest absolute Gasteiger partial charge is 0.0898 e. The number of aromatic nitrogens is 4. The van der Waals surface area contributed by atoms with Crippen LogP contribution in [0.2, 0.25) is 0 Å². The first-order valence-electron chi connectivity index (χ1n) is 6.74. The zero-order chi connectivity index (χ0) is 14.7. The second kappa shape index (κ2) is 6.15. The second-order valence-corrected chi connectivity index (χ2v) is 5.96. The Labute approximate surface area is 126 Å². The number of aliphatic hydroxyl groups is 1. The van der Waals surface area contributed by atoms with E-state index in [1.54, 1.807) is 16.0 Å². The van der Waals surface area contributed by atoms with Crippen molar-refractivity contribution in [2.45, 2.75) is 26.0 Å². The molecule has 0 fully saturated rings. The molecule has 6 heteroatoms. The third-order valence-electron chi connectivity index (χ3n) is 3.16. The molecule has 0 radical (unpaired) electrons. The van der Waals surface area contributed by atoms with Crippen LogP contribution in [0.5, 0.6) is 0 Å². The fraction of sp³-hybridized carbons (Fsp3) is 0.267. The molecule has 0 aliphatic heterocycles. The molecule has 0 saturated carbocycles. The highest BCUT2D eigenvalue weighted by Crippen LogP contribution is 2.16. The van der Waals surface area contributed by atoms with Crippen LogP contribution in [0.1, 0.15) is 28.1 Å². The lowest BCUT2D eigenvalue weighted by atomic mass is 10.1. The lowest BCUT2D eigenvalue weighted by Gasteiger charge is -2.08. The first-order chi connectivity index (χ1) is 10.2. The van der Waals surface area contributed by atoms with Crippen LogP contribution >= 0.6 is 11.3 Å². The van der Waals surface area contributed by atoms with Gasteiger partial charge in [0.15, 0.2) is 0 Å². The average molecular weight is 300 g/mol. The van der Waals surface area contributed by atoms with Crippen molar-refractivity contribution in [2.24, 2.45) is 0 Å². The van der Waals surface area contributed by atoms with Crippen molar-refractivity contribution in [3.8, 4) is 0 Å². The fourth-order valence-corrected chi connectivity index (χ4v) is 2.75. The minimum Gasteiger partial charge on any atom is -0.388 e. The first kappa shape index (κ1) is 13.9. The zero-order valence-corrected chi connectivity index (χ0v) is 12.5. The highest BCUT2D eigenvalue weighted by Gasteiger charge is 2.11. The van der Waals surface area contributed by atoms with Gasteiger partial charge in [-0.1, -0.05) is 35.5 Å². The maximum atomic E-state index is 10.2. The molecule has 108 valence electrons. The van der Waals surface area contributed by atoms with Crippen molar-refractivity contribution in [3.63, 3.8) is 0 Å². The average Bonchev–Trinajstić information content (AvgIpc) is 3.09. The molecule has 2 heterocycles. The summed E-state index contributed by atoms with van der Waals surface area (Å²) in [7, 11) is 0. The Balaban J connectivity index is 1.65. The van der Waals surface area contributed by atoms with E-state index in [2.05, 4.69) is 15.3 Å². The molecule has 0 saturated heterocycles. The molecule has 2 aromatic heterocycles. The van der Waals surface area contributed by atoms with E-state index < -0.39 is 6.10 Å². The second-order valence-electron chi connectivity index (χ2n) is 4.90. The number of rotatable bonds is 5. The van der Waals surface area contributed by atoms with E-state index in [1.807, 2.05) is 48.8 Å². The third kappa shape index (κ3) is 3.53. The lowest BCUT2D eigenvalue weighted by Crippen LogP contribution is -2.02. The van der Waals surface area contributed by atoms with Crippen molar-refractivity contribution in [1.82, 2.24) is 20.0 Å². The molecule has 1 aromatic carbocycles. The molecule has 1 N–H and O–H groups in total. The topological polar surface area (TPSA) is 63.8 Å². The Hall–Kier alpha value is -2.05. The van der Waals surface area contributed by atoms with E-state index >= 15 is 0 Å². The van der Waals surface area contributed by atoms with Crippen molar-refractivity contribution in [2.75, 3.05) is 0 Å². The summed E-state index contributed by atoms with van der Waals surface area (Å²) in [5, 5.41) is 21.5. The van der Waals surface area contributed by atoms with Gasteiger partial charge in [-0.3, -0.25) is 0 Å². The third-order valence-corrected chi connectivity index (χ3v) is 3.99. The summed E-state index contributed by atoms with van der Waals surface area (Å²) < 4.78 is 1.75. The van der Waals surface area contributed by atoms with Gasteiger partial charge in [0.05, 0.1) is 29.0 Å². The fourth-order valence-electron chi connectivity index (χ4n) is 2.15. The van der Waals surface area contributed by atoms with E-state index in [1.165, 1.54) is 0 Å². The number of aryl methyl sites for hydroxylation is 1. The molecule has 1 unspecified atom stereocenters. The van der Waals surface area contributed by atoms with Gasteiger partial charge in [0, 0.05) is 18.0 Å². The normalized spacial score (nSPS) is 12.5. The molecule has 5 nitrogen and oxygen atoms in total. The minimum absolute atomic E-state index is 0.458. The molecule has 3 aromatic rings. The number of thiazole rings is 1. The molecular formula is C15H16N4OS. The van der Waals surface area contributed by atoms with E-state index in [-0.39, 0.29) is 0 Å². The van der Waals surface area contributed by atoms with Gasteiger partial charge in [-0.05, 0) is 12.5 Å². The summed E-state index contributed by atoms with van der Waals surface area (Å²) in [5.74, 6) is 0. The Bertz CT molecular complexity index is 707. The predicted octanol–water partition coefficient (Wildman–Crippen LogP) is 2.37. The van der Waals surface area contributed by atoms with Crippen LogP contribution in [-0.4, -0.2) is 25.1 Å². The molecule has 1 atom stereocenters. The van der Waals surface area contributed by atoms with Crippen LogP contribution in [-0.2, 0) is 13.0 Å². The van der Waals surface area contributed by atoms with Gasteiger partial charge in [-0.25, -0.2) is 9.67 Å². The summed E-state index contributed by atoms with van der Waals surface area (Å²) in [6.45, 7) is 2.59. The molecule has 0 spiro atoms. The minimum atomic E-state index is -0.558. The van der Waals surface area contributed by atoms with Crippen LogP contribution in [0.25, 0.3) is 0 Å². The van der Waals surface area contributed by atoms with Gasteiger partial charge in [-0.15, -0.1) is 16.4 Å². The quantitative estimate of drug-likeness (QED) is 0.785. The lowest BCUT2D eigenvalue weighted by molar-refractivity contribution is 0.177. The highest BCUT2D eigenvalue weighted by atomic mass is 32.1. The molecule has 3 rings (SSSR count). The Morgan fingerprint density at radius 3 is 2.76 bits per heavy atom. The van der Waals surface area contributed by atoms with Crippen molar-refractivity contribution in [3.05, 3.63) is 63.9 Å². The molecular weight excluding hydrogens is 284 g/mol. The van der Waals surface area contributed by atoms with Crippen LogP contribution in [0, 0.1) is 6.92 Å². The van der Waals surface area contributed by atoms with Gasteiger partial charge < -0.3 is 5.11 Å². The maximum absolute atomic E-state index is 10.2. The van der Waals surface area contributed by atoms with Gasteiger partial charge in [0.2, 0.25) is 0 Å². The Kier molecular flexibility index (Phi) is 4.08. The summed E-state index contributed by atoms with van der Waals surface area (Å²) in [6.07, 6.45) is 1.76. The number of hydrogen-bond donors (Lipinski definition) is 1. The Morgan fingerprint density at radius 2 is 2.05 bits per heavy atom. The number of benzene rings is 1. The van der Waals surface area contributed by atoms with Crippen LogP contribution < -0.4 is 0 Å². The molecule has 0 amide bonds. The van der Waals surface area contributed by atoms with Crippen molar-refractivity contribution >= 4 is 11.3 Å². The van der Waals surface area contributed by atoms with Gasteiger partial charge in [-0.2, -0.15) is 0 Å². The van der Waals surface area contributed by atoms with Gasteiger partial charge >= 0.3 is 0 Å². The van der Waals surface area contributed by atoms with Crippen molar-refractivity contribution in [1.29, 1.82) is 0 Å². The summed E-state index contributed by atoms with van der Waals surface area (Å²) in [6, 6.07) is 9.59. The maximum Gasteiger partial charge on any atom is 0.0898 e. The van der Waals surface area contributed by atoms with Crippen LogP contribution in [0.4, 0.5) is 0 Å². The summed E-state index contributed by atoms with van der Waals surface area (Å²) in [5.41, 5.74) is 2.65. The van der Waals surface area contributed by atoms with E-state index in [9.17, 15) is 5.11 Å². The van der Waals surface area contributed by atoms with Gasteiger partial charge in [0.1, 0.15) is 0 Å². The van der Waals surface area contributed by atoms with Crippen LogP contribution in [0.15, 0.2) is 41.9 Å². The molecule has 0 bridgehead atoms. The van der Waals surface area contributed by atoms with E-state index in [4.69, 9.17) is 0 Å². The van der Waals surface area contributed by atoms with Gasteiger partial charge in [0.25, 0.3) is 0 Å². The standard InChI is InChI=1S/C15H16N4OS/c1-11-16-14(10-21-11)9-19-8-13(17-18-19)7-15(20)12-5-3-2-4-6-12/h2-6,8,10,15,20H,7,9H2,1H3. The van der Waals surface area contributed by atoms with Crippen molar-refractivity contribution < 1.29 is 5.11 Å². The number of hydrogen-bond acceptors (Lipinski definition) is 5. The molecule has 0 aliphatic carbocycles. The summed E-state index contributed by atoms with van der Waals surface area (Å²) in [4.78, 5) is 4.40. The first-order valence-corrected chi connectivity index (χ1v) is 7.61. The largest absolute Gasteiger partial charge is 0.388 e. The van der Waals surface area contributed by atoms with E-state index in [0.29, 0.717) is 13.0 Å². The van der Waals surface area contributed by atoms with Crippen LogP contribution in [0.3, 0.4) is 0 Å². The monoisotopic (exact) mass is 300 g/mol. The Morgan fingerprint density at radius 1 is 1.24 bits per heavy atom. The SMILES string of the molecule is Cc1nc(Cn2cc(CC(O)c3ccccc3)nn2)cs1. The number of nitrogens with zero attached hydrogens (tertiary/aromatic N) is 4.